The lowest BCUT2D eigenvalue weighted by Crippen LogP contribution is -2.21. The number of fused-ring (bicyclic) bond motifs is 1. The highest BCUT2D eigenvalue weighted by Crippen LogP contribution is 2.20. The molecule has 5 nitrogen and oxygen atoms in total. The van der Waals surface area contributed by atoms with Gasteiger partial charge in [0.25, 0.3) is 0 Å². The first kappa shape index (κ1) is 9.21. The second-order valence-corrected chi connectivity index (χ2v) is 4.01. The number of H-pyrrole nitrogens is 1. The summed E-state index contributed by atoms with van der Waals surface area (Å²) in [7, 11) is 0. The summed E-state index contributed by atoms with van der Waals surface area (Å²) < 4.78 is 0. The number of urea groups is 1. The van der Waals surface area contributed by atoms with E-state index < -0.39 is 0 Å². The number of amides is 2. The first-order valence-electron chi connectivity index (χ1n) is 5.23. The van der Waals surface area contributed by atoms with E-state index >= 15 is 0 Å². The maximum atomic E-state index is 11.1. The van der Waals surface area contributed by atoms with Crippen LogP contribution < -0.4 is 10.6 Å². The normalized spacial score (nSPS) is 19.8. The van der Waals surface area contributed by atoms with Crippen LogP contribution in [0.5, 0.6) is 0 Å². The number of hydrogen-bond acceptors (Lipinski definition) is 2. The zero-order chi connectivity index (χ0) is 11.1. The number of hydrogen-bond donors (Lipinski definition) is 3. The summed E-state index contributed by atoms with van der Waals surface area (Å²) in [4.78, 5) is 18.6. The van der Waals surface area contributed by atoms with Gasteiger partial charge in [0.15, 0.2) is 0 Å². The number of nitrogens with zero attached hydrogens (tertiary/aromatic N) is 1. The Hall–Kier alpha value is -2.04. The molecule has 2 heterocycles. The third-order valence-corrected chi connectivity index (χ3v) is 2.80. The van der Waals surface area contributed by atoms with Crippen molar-refractivity contribution in [2.75, 3.05) is 6.54 Å². The van der Waals surface area contributed by atoms with Gasteiger partial charge in [0.05, 0.1) is 17.1 Å². The lowest BCUT2D eigenvalue weighted by Gasteiger charge is -2.08. The van der Waals surface area contributed by atoms with Crippen molar-refractivity contribution in [3.05, 3.63) is 29.6 Å². The van der Waals surface area contributed by atoms with Gasteiger partial charge in [-0.15, -0.1) is 0 Å². The number of imidazole rings is 1. The molecule has 2 aromatic rings. The molecule has 0 spiro atoms. The number of carbonyl (C=O) groups is 1. The third-order valence-electron chi connectivity index (χ3n) is 2.80. The lowest BCUT2D eigenvalue weighted by molar-refractivity contribution is 0.247. The van der Waals surface area contributed by atoms with Crippen LogP contribution in [-0.2, 0) is 0 Å². The fourth-order valence-corrected chi connectivity index (χ4v) is 2.03. The number of rotatable bonds is 1. The molecule has 1 aromatic heterocycles. The molecule has 0 aliphatic carbocycles. The molecule has 3 rings (SSSR count). The molecule has 16 heavy (non-hydrogen) atoms. The molecule has 0 radical (unpaired) electrons. The predicted octanol–water partition coefficient (Wildman–Crippen LogP) is 1.23. The molecule has 1 fully saturated rings. The molecule has 5 heteroatoms. The van der Waals surface area contributed by atoms with Crippen LogP contribution in [0.25, 0.3) is 11.0 Å². The van der Waals surface area contributed by atoms with Gasteiger partial charge in [0.2, 0.25) is 0 Å². The summed E-state index contributed by atoms with van der Waals surface area (Å²) in [5.74, 6) is 0.903. The molecule has 1 atom stereocenters. The smallest absolute Gasteiger partial charge is 0.315 e. The van der Waals surface area contributed by atoms with E-state index in [2.05, 4.69) is 20.6 Å². The van der Waals surface area contributed by atoms with Crippen LogP contribution in [0.4, 0.5) is 4.79 Å². The topological polar surface area (TPSA) is 69.8 Å². The van der Waals surface area contributed by atoms with Gasteiger partial charge in [-0.05, 0) is 24.6 Å². The standard InChI is InChI=1S/C11H12N4O/c1-6-13-8-3-2-7(4-9(8)14-6)10-5-12-11(16)15-10/h2-4,10H,5H2,1H3,(H,13,14)(H2,12,15,16). The molecule has 3 N–H and O–H groups in total. The molecule has 2 amide bonds. The molecule has 82 valence electrons. The lowest BCUT2D eigenvalue weighted by atomic mass is 10.1. The van der Waals surface area contributed by atoms with Crippen LogP contribution in [-0.4, -0.2) is 22.5 Å². The van der Waals surface area contributed by atoms with Crippen molar-refractivity contribution < 1.29 is 4.79 Å². The molecular weight excluding hydrogens is 204 g/mol. The Kier molecular flexibility index (Phi) is 1.86. The van der Waals surface area contributed by atoms with Gasteiger partial charge in [0.1, 0.15) is 5.82 Å². The van der Waals surface area contributed by atoms with Gasteiger partial charge in [0, 0.05) is 6.54 Å². The van der Waals surface area contributed by atoms with Gasteiger partial charge < -0.3 is 15.6 Å². The Bertz CT molecular complexity index is 560. The van der Waals surface area contributed by atoms with Crippen LogP contribution in [0.2, 0.25) is 0 Å². The molecule has 1 aliphatic rings. The minimum Gasteiger partial charge on any atom is -0.342 e. The SMILES string of the molecule is Cc1nc2ccc(C3CNC(=O)N3)cc2[nH]1. The largest absolute Gasteiger partial charge is 0.342 e. The minimum absolute atomic E-state index is 0.0560. The maximum Gasteiger partial charge on any atom is 0.315 e. The Labute approximate surface area is 92.3 Å². The summed E-state index contributed by atoms with van der Waals surface area (Å²) in [5, 5.41) is 5.60. The second-order valence-electron chi connectivity index (χ2n) is 4.01. The Morgan fingerprint density at radius 2 is 2.31 bits per heavy atom. The van der Waals surface area contributed by atoms with Crippen molar-refractivity contribution in [3.63, 3.8) is 0 Å². The van der Waals surface area contributed by atoms with Crippen molar-refractivity contribution in [1.29, 1.82) is 0 Å². The molecule has 1 aromatic carbocycles. The number of benzene rings is 1. The van der Waals surface area contributed by atoms with E-state index in [1.807, 2.05) is 25.1 Å². The fraction of sp³-hybridized carbons (Fsp3) is 0.273. The van der Waals surface area contributed by atoms with Crippen LogP contribution in [0.1, 0.15) is 17.4 Å². The first-order valence-corrected chi connectivity index (χ1v) is 5.23. The monoisotopic (exact) mass is 216 g/mol. The number of nitrogens with one attached hydrogen (secondary N) is 3. The minimum atomic E-state index is -0.106. The molecule has 0 bridgehead atoms. The first-order chi connectivity index (χ1) is 7.72. The Morgan fingerprint density at radius 1 is 1.44 bits per heavy atom. The molecular formula is C11H12N4O. The third kappa shape index (κ3) is 1.41. The second kappa shape index (κ2) is 3.23. The summed E-state index contributed by atoms with van der Waals surface area (Å²) in [5.41, 5.74) is 3.06. The highest BCUT2D eigenvalue weighted by atomic mass is 16.2. The summed E-state index contributed by atoms with van der Waals surface area (Å²) >= 11 is 0. The van der Waals surface area contributed by atoms with E-state index in [0.29, 0.717) is 6.54 Å². The van der Waals surface area contributed by atoms with E-state index in [-0.39, 0.29) is 12.1 Å². The van der Waals surface area contributed by atoms with Gasteiger partial charge in [-0.2, -0.15) is 0 Å². The fourth-order valence-electron chi connectivity index (χ4n) is 2.03. The average molecular weight is 216 g/mol. The summed E-state index contributed by atoms with van der Waals surface area (Å²) in [6.45, 7) is 2.57. The highest BCUT2D eigenvalue weighted by molar-refractivity contribution is 5.79. The molecule has 1 saturated heterocycles. The van der Waals surface area contributed by atoms with Crippen LogP contribution >= 0.6 is 0 Å². The van der Waals surface area contributed by atoms with E-state index in [4.69, 9.17) is 0 Å². The maximum absolute atomic E-state index is 11.1. The summed E-state index contributed by atoms with van der Waals surface area (Å²) in [6, 6.07) is 5.96. The van der Waals surface area contributed by atoms with Crippen LogP contribution in [0.3, 0.4) is 0 Å². The van der Waals surface area contributed by atoms with Gasteiger partial charge >= 0.3 is 6.03 Å². The van der Waals surface area contributed by atoms with E-state index in [1.54, 1.807) is 0 Å². The van der Waals surface area contributed by atoms with Gasteiger partial charge in [-0.3, -0.25) is 0 Å². The van der Waals surface area contributed by atoms with Gasteiger partial charge in [-0.25, -0.2) is 9.78 Å². The number of aromatic nitrogens is 2. The highest BCUT2D eigenvalue weighted by Gasteiger charge is 2.21. The van der Waals surface area contributed by atoms with Crippen LogP contribution in [0.15, 0.2) is 18.2 Å². The quantitative estimate of drug-likeness (QED) is 0.671. The number of aryl methyl sites for hydroxylation is 1. The van der Waals surface area contributed by atoms with Crippen molar-refractivity contribution >= 4 is 17.1 Å². The number of carbonyl (C=O) groups excluding carboxylic acids is 1. The van der Waals surface area contributed by atoms with Crippen molar-refractivity contribution in [1.82, 2.24) is 20.6 Å². The van der Waals surface area contributed by atoms with Crippen molar-refractivity contribution in [2.24, 2.45) is 0 Å². The van der Waals surface area contributed by atoms with Crippen molar-refractivity contribution in [2.45, 2.75) is 13.0 Å². The number of aromatic amines is 1. The van der Waals surface area contributed by atoms with E-state index in [1.165, 1.54) is 0 Å². The zero-order valence-corrected chi connectivity index (χ0v) is 8.87. The zero-order valence-electron chi connectivity index (χ0n) is 8.87. The molecule has 1 aliphatic heterocycles. The average Bonchev–Trinajstić information content (AvgIpc) is 2.81. The van der Waals surface area contributed by atoms with Crippen LogP contribution in [0, 0.1) is 6.92 Å². The van der Waals surface area contributed by atoms with Gasteiger partial charge in [-0.1, -0.05) is 6.07 Å². The molecule has 0 saturated carbocycles. The molecule has 1 unspecified atom stereocenters. The van der Waals surface area contributed by atoms with E-state index in [0.717, 1.165) is 22.4 Å². The Balaban J connectivity index is 2.01. The summed E-state index contributed by atoms with van der Waals surface area (Å²) in [6.07, 6.45) is 0. The van der Waals surface area contributed by atoms with Crippen molar-refractivity contribution in [3.8, 4) is 0 Å². The predicted molar refractivity (Wildman–Crippen MR) is 60.1 cm³/mol. The van der Waals surface area contributed by atoms with E-state index in [9.17, 15) is 4.79 Å². The Morgan fingerprint density at radius 3 is 3.06 bits per heavy atom.